The molecule has 0 saturated heterocycles. The third-order valence-corrected chi connectivity index (χ3v) is 4.79. The monoisotopic (exact) mass is 364 g/mol. The van der Waals surface area contributed by atoms with Gasteiger partial charge in [-0.05, 0) is 39.7 Å². The Morgan fingerprint density at radius 3 is 2.14 bits per heavy atom. The van der Waals surface area contributed by atoms with E-state index in [-0.39, 0.29) is 5.56 Å². The van der Waals surface area contributed by atoms with Crippen LogP contribution in [-0.2, 0) is 0 Å². The molecule has 0 saturated carbocycles. The van der Waals surface area contributed by atoms with Crippen molar-refractivity contribution in [3.8, 4) is 0 Å². The second-order valence-electron chi connectivity index (χ2n) is 6.53. The van der Waals surface area contributed by atoms with Crippen LogP contribution < -0.4 is 11.0 Å². The van der Waals surface area contributed by atoms with E-state index in [9.17, 15) is 4.79 Å². The van der Waals surface area contributed by atoms with Crippen molar-refractivity contribution in [1.82, 2.24) is 9.97 Å². The first-order chi connectivity index (χ1) is 13.8. The van der Waals surface area contributed by atoms with Gasteiger partial charge in [-0.25, -0.2) is 10.4 Å². The number of aromatic amines is 1. The van der Waals surface area contributed by atoms with Gasteiger partial charge in [-0.1, -0.05) is 60.7 Å². The van der Waals surface area contributed by atoms with E-state index in [2.05, 4.69) is 50.8 Å². The third kappa shape index (κ3) is 2.79. The standard InChI is InChI=1S/C23H16N4O/c28-22-19-11-5-6-12-21(19)25-23(26-22)27-24-14-20-17-9-3-1-7-15(17)13-16-8-2-4-10-18(16)20/h1-14H,(H2,25,26,27,28). The predicted molar refractivity (Wildman–Crippen MR) is 115 cm³/mol. The number of aromatic nitrogens is 2. The van der Waals surface area contributed by atoms with Crippen molar-refractivity contribution in [2.24, 2.45) is 5.10 Å². The maximum absolute atomic E-state index is 12.2. The van der Waals surface area contributed by atoms with Gasteiger partial charge in [0.15, 0.2) is 0 Å². The number of fused-ring (bicyclic) bond motifs is 3. The SMILES string of the molecule is O=c1[nH]c(NN=Cc2c3ccccc3cc3ccccc23)nc2ccccc12. The molecule has 0 atom stereocenters. The highest BCUT2D eigenvalue weighted by atomic mass is 16.1. The Kier molecular flexibility index (Phi) is 3.84. The van der Waals surface area contributed by atoms with Crippen molar-refractivity contribution < 1.29 is 0 Å². The van der Waals surface area contributed by atoms with Crippen molar-refractivity contribution in [3.63, 3.8) is 0 Å². The molecule has 2 N–H and O–H groups in total. The normalized spacial score (nSPS) is 11.6. The highest BCUT2D eigenvalue weighted by Crippen LogP contribution is 2.27. The number of nitrogens with one attached hydrogen (secondary N) is 2. The number of benzene rings is 4. The van der Waals surface area contributed by atoms with Crippen molar-refractivity contribution in [3.05, 3.63) is 94.8 Å². The van der Waals surface area contributed by atoms with Gasteiger partial charge in [0, 0.05) is 5.56 Å². The van der Waals surface area contributed by atoms with Crippen molar-refractivity contribution in [2.45, 2.75) is 0 Å². The molecule has 134 valence electrons. The summed E-state index contributed by atoms with van der Waals surface area (Å²) < 4.78 is 0. The van der Waals surface area contributed by atoms with Gasteiger partial charge in [-0.2, -0.15) is 5.10 Å². The Balaban J connectivity index is 1.58. The zero-order valence-electron chi connectivity index (χ0n) is 14.9. The molecule has 1 heterocycles. The van der Waals surface area contributed by atoms with Crippen LogP contribution >= 0.6 is 0 Å². The molecular formula is C23H16N4O. The molecule has 1 aromatic heterocycles. The second kappa shape index (κ2) is 6.63. The summed E-state index contributed by atoms with van der Waals surface area (Å²) in [6, 6.07) is 25.8. The highest BCUT2D eigenvalue weighted by molar-refractivity contribution is 6.13. The molecule has 0 aliphatic rings. The van der Waals surface area contributed by atoms with E-state index in [0.29, 0.717) is 16.9 Å². The minimum atomic E-state index is -0.195. The van der Waals surface area contributed by atoms with Crippen LogP contribution in [0.5, 0.6) is 0 Å². The van der Waals surface area contributed by atoms with E-state index < -0.39 is 0 Å². The van der Waals surface area contributed by atoms with Crippen molar-refractivity contribution >= 4 is 44.6 Å². The smallest absolute Gasteiger partial charge is 0.260 e. The zero-order chi connectivity index (χ0) is 18.9. The Hall–Kier alpha value is -3.99. The summed E-state index contributed by atoms with van der Waals surface area (Å²) in [5.74, 6) is 0.310. The van der Waals surface area contributed by atoms with E-state index in [1.54, 1.807) is 18.3 Å². The lowest BCUT2D eigenvalue weighted by atomic mass is 9.97. The number of nitrogens with zero attached hydrogens (tertiary/aromatic N) is 2. The molecule has 0 spiro atoms. The van der Waals surface area contributed by atoms with Crippen LogP contribution in [-0.4, -0.2) is 16.2 Å². The molecular weight excluding hydrogens is 348 g/mol. The molecule has 28 heavy (non-hydrogen) atoms. The van der Waals surface area contributed by atoms with Crippen LogP contribution in [0.25, 0.3) is 32.4 Å². The molecule has 0 unspecified atom stereocenters. The van der Waals surface area contributed by atoms with Crippen LogP contribution in [0, 0.1) is 0 Å². The molecule has 5 heteroatoms. The Bertz CT molecular complexity index is 1370. The number of hydrogen-bond donors (Lipinski definition) is 2. The van der Waals surface area contributed by atoms with Gasteiger partial charge in [-0.15, -0.1) is 0 Å². The average molecular weight is 364 g/mol. The first kappa shape index (κ1) is 16.2. The Labute approximate surface area is 160 Å². The van der Waals surface area contributed by atoms with Gasteiger partial charge in [0.25, 0.3) is 5.56 Å². The second-order valence-corrected chi connectivity index (χ2v) is 6.53. The van der Waals surface area contributed by atoms with Crippen LogP contribution in [0.2, 0.25) is 0 Å². The number of rotatable bonds is 3. The fourth-order valence-electron chi connectivity index (χ4n) is 3.49. The van der Waals surface area contributed by atoms with Crippen molar-refractivity contribution in [2.75, 3.05) is 5.43 Å². The summed E-state index contributed by atoms with van der Waals surface area (Å²) in [6.07, 6.45) is 1.78. The lowest BCUT2D eigenvalue weighted by Crippen LogP contribution is -2.11. The first-order valence-electron chi connectivity index (χ1n) is 8.98. The minimum Gasteiger partial charge on any atom is -0.291 e. The summed E-state index contributed by atoms with van der Waals surface area (Å²) in [4.78, 5) is 19.3. The van der Waals surface area contributed by atoms with Gasteiger partial charge in [0.1, 0.15) is 0 Å². The average Bonchev–Trinajstić information content (AvgIpc) is 2.73. The number of H-pyrrole nitrogens is 1. The summed E-state index contributed by atoms with van der Waals surface area (Å²) in [7, 11) is 0. The molecule has 5 rings (SSSR count). The number of anilines is 1. The summed E-state index contributed by atoms with van der Waals surface area (Å²) in [6.45, 7) is 0. The molecule has 5 nitrogen and oxygen atoms in total. The largest absolute Gasteiger partial charge is 0.291 e. The van der Waals surface area contributed by atoms with Gasteiger partial charge in [0.05, 0.1) is 17.1 Å². The molecule has 5 aromatic rings. The fourth-order valence-corrected chi connectivity index (χ4v) is 3.49. The van der Waals surface area contributed by atoms with E-state index in [1.807, 2.05) is 36.4 Å². The van der Waals surface area contributed by atoms with E-state index >= 15 is 0 Å². The van der Waals surface area contributed by atoms with Gasteiger partial charge >= 0.3 is 0 Å². The third-order valence-electron chi connectivity index (χ3n) is 4.79. The number of para-hydroxylation sites is 1. The summed E-state index contributed by atoms with van der Waals surface area (Å²) in [5, 5.41) is 9.45. The Morgan fingerprint density at radius 2 is 1.43 bits per heavy atom. The first-order valence-corrected chi connectivity index (χ1v) is 8.98. The molecule has 0 amide bonds. The summed E-state index contributed by atoms with van der Waals surface area (Å²) in [5.41, 5.74) is 4.31. The van der Waals surface area contributed by atoms with E-state index in [4.69, 9.17) is 0 Å². The van der Waals surface area contributed by atoms with Crippen molar-refractivity contribution in [1.29, 1.82) is 0 Å². The van der Waals surface area contributed by atoms with Crippen LogP contribution in [0.4, 0.5) is 5.95 Å². The lowest BCUT2D eigenvalue weighted by molar-refractivity contribution is 1.12. The fraction of sp³-hybridized carbons (Fsp3) is 0. The number of hydrazone groups is 1. The molecule has 0 bridgehead atoms. The summed E-state index contributed by atoms with van der Waals surface area (Å²) >= 11 is 0. The molecule has 0 aliphatic carbocycles. The van der Waals surface area contributed by atoms with Gasteiger partial charge in [-0.3, -0.25) is 9.78 Å². The minimum absolute atomic E-state index is 0.195. The molecule has 0 radical (unpaired) electrons. The van der Waals surface area contributed by atoms with Crippen LogP contribution in [0.1, 0.15) is 5.56 Å². The van der Waals surface area contributed by atoms with E-state index in [1.165, 1.54) is 0 Å². The molecule has 4 aromatic carbocycles. The van der Waals surface area contributed by atoms with Gasteiger partial charge < -0.3 is 0 Å². The highest BCUT2D eigenvalue weighted by Gasteiger charge is 2.06. The zero-order valence-corrected chi connectivity index (χ0v) is 14.9. The topological polar surface area (TPSA) is 70.1 Å². The quantitative estimate of drug-likeness (QED) is 0.277. The Morgan fingerprint density at radius 1 is 0.821 bits per heavy atom. The van der Waals surface area contributed by atoms with Crippen LogP contribution in [0.3, 0.4) is 0 Å². The molecule has 0 fully saturated rings. The van der Waals surface area contributed by atoms with E-state index in [0.717, 1.165) is 27.1 Å². The lowest BCUT2D eigenvalue weighted by Gasteiger charge is -2.08. The van der Waals surface area contributed by atoms with Gasteiger partial charge in [0.2, 0.25) is 5.95 Å². The maximum atomic E-state index is 12.2. The predicted octanol–water partition coefficient (Wildman–Crippen LogP) is 4.68. The number of hydrogen-bond acceptors (Lipinski definition) is 4. The molecule has 0 aliphatic heterocycles. The maximum Gasteiger partial charge on any atom is 0.260 e. The van der Waals surface area contributed by atoms with Crippen LogP contribution in [0.15, 0.2) is 88.8 Å².